The number of hydrogen-bond donors (Lipinski definition) is 2. The lowest BCUT2D eigenvalue weighted by Crippen LogP contribution is -2.22. The van der Waals surface area contributed by atoms with Crippen molar-refractivity contribution in [2.24, 2.45) is 0 Å². The van der Waals surface area contributed by atoms with Gasteiger partial charge in [0.15, 0.2) is 0 Å². The molecule has 4 rings (SSSR count). The minimum atomic E-state index is -0.900. The first-order chi connectivity index (χ1) is 12.2. The van der Waals surface area contributed by atoms with Gasteiger partial charge in [0.1, 0.15) is 5.75 Å². The number of ether oxygens (including phenoxy) is 1. The number of benzene rings is 2. The number of carboxylic acid groups (broad SMARTS) is 1. The summed E-state index contributed by atoms with van der Waals surface area (Å²) in [7, 11) is 0. The standard InChI is InChI=1S/C20H20N2O3/c1-2-25-16-5-6-17-15(9-16)12-21-7-8-22-18-11-14(20(23)24)4-3-13(18)10-19(17)22/h3-6,9-11,21H,2,7-8,12H2,1H3,(H,23,24). The van der Waals surface area contributed by atoms with Gasteiger partial charge in [-0.2, -0.15) is 0 Å². The van der Waals surface area contributed by atoms with E-state index in [9.17, 15) is 9.90 Å². The van der Waals surface area contributed by atoms with Gasteiger partial charge in [-0.15, -0.1) is 0 Å². The summed E-state index contributed by atoms with van der Waals surface area (Å²) in [5, 5.41) is 13.8. The van der Waals surface area contributed by atoms with Gasteiger partial charge in [0.25, 0.3) is 0 Å². The Morgan fingerprint density at radius 3 is 2.92 bits per heavy atom. The van der Waals surface area contributed by atoms with Crippen molar-refractivity contribution in [3.8, 4) is 17.0 Å². The van der Waals surface area contributed by atoms with Crippen LogP contribution < -0.4 is 10.1 Å². The van der Waals surface area contributed by atoms with E-state index in [1.165, 1.54) is 5.56 Å². The van der Waals surface area contributed by atoms with Gasteiger partial charge in [-0.25, -0.2) is 4.79 Å². The normalized spacial score (nSPS) is 13.6. The Kier molecular flexibility index (Phi) is 3.93. The lowest BCUT2D eigenvalue weighted by molar-refractivity contribution is 0.0697. The lowest BCUT2D eigenvalue weighted by atomic mass is 10.0. The molecule has 25 heavy (non-hydrogen) atoms. The fraction of sp³-hybridized carbons (Fsp3) is 0.250. The van der Waals surface area contributed by atoms with Gasteiger partial charge in [0, 0.05) is 41.8 Å². The summed E-state index contributed by atoms with van der Waals surface area (Å²) in [5.41, 5.74) is 4.74. The summed E-state index contributed by atoms with van der Waals surface area (Å²) in [6.07, 6.45) is 0. The maximum absolute atomic E-state index is 11.3. The highest BCUT2D eigenvalue weighted by Crippen LogP contribution is 2.33. The average Bonchev–Trinajstić information content (AvgIpc) is 2.94. The van der Waals surface area contributed by atoms with Gasteiger partial charge >= 0.3 is 5.97 Å². The zero-order valence-electron chi connectivity index (χ0n) is 14.1. The van der Waals surface area contributed by atoms with E-state index in [0.29, 0.717) is 12.2 Å². The highest BCUT2D eigenvalue weighted by molar-refractivity contribution is 5.95. The average molecular weight is 336 g/mol. The first kappa shape index (κ1) is 15.7. The van der Waals surface area contributed by atoms with Crippen LogP contribution in [0.4, 0.5) is 0 Å². The molecule has 0 atom stereocenters. The predicted molar refractivity (Wildman–Crippen MR) is 97.2 cm³/mol. The van der Waals surface area contributed by atoms with Crippen LogP contribution in [0.15, 0.2) is 42.5 Å². The van der Waals surface area contributed by atoms with Gasteiger partial charge in [-0.1, -0.05) is 6.07 Å². The molecule has 0 fully saturated rings. The Balaban J connectivity index is 1.91. The SMILES string of the molecule is CCOc1ccc2c(c1)CNCCn1c-2cc2ccc(C(=O)O)cc21. The molecule has 1 aliphatic rings. The smallest absolute Gasteiger partial charge is 0.335 e. The Labute approximate surface area is 145 Å². The molecule has 2 heterocycles. The van der Waals surface area contributed by atoms with Crippen molar-refractivity contribution in [3.63, 3.8) is 0 Å². The van der Waals surface area contributed by atoms with Crippen LogP contribution in [0.3, 0.4) is 0 Å². The van der Waals surface area contributed by atoms with Gasteiger partial charge in [-0.05, 0) is 48.9 Å². The number of nitrogens with one attached hydrogen (secondary N) is 1. The summed E-state index contributed by atoms with van der Waals surface area (Å²) in [6.45, 7) is 5.04. The topological polar surface area (TPSA) is 63.5 Å². The molecular weight excluding hydrogens is 316 g/mol. The number of rotatable bonds is 3. The molecule has 0 radical (unpaired) electrons. The Morgan fingerprint density at radius 2 is 2.12 bits per heavy atom. The summed E-state index contributed by atoms with van der Waals surface area (Å²) < 4.78 is 7.83. The number of aromatic carboxylic acids is 1. The first-order valence-corrected chi connectivity index (χ1v) is 8.51. The minimum Gasteiger partial charge on any atom is -0.494 e. The monoisotopic (exact) mass is 336 g/mol. The molecule has 1 aromatic heterocycles. The van der Waals surface area contributed by atoms with Crippen LogP contribution in [-0.4, -0.2) is 28.8 Å². The zero-order chi connectivity index (χ0) is 17.4. The number of carboxylic acids is 1. The number of carbonyl (C=O) groups is 1. The second kappa shape index (κ2) is 6.26. The first-order valence-electron chi connectivity index (χ1n) is 8.51. The van der Waals surface area contributed by atoms with Crippen molar-refractivity contribution in [2.45, 2.75) is 20.0 Å². The maximum Gasteiger partial charge on any atom is 0.335 e. The lowest BCUT2D eigenvalue weighted by Gasteiger charge is -2.19. The minimum absolute atomic E-state index is 0.315. The molecular formula is C20H20N2O3. The highest BCUT2D eigenvalue weighted by atomic mass is 16.5. The van der Waals surface area contributed by atoms with E-state index in [0.717, 1.165) is 47.5 Å². The number of aromatic nitrogens is 1. The summed E-state index contributed by atoms with van der Waals surface area (Å²) >= 11 is 0. The molecule has 128 valence electrons. The quantitative estimate of drug-likeness (QED) is 0.768. The van der Waals surface area contributed by atoms with Crippen LogP contribution in [0.25, 0.3) is 22.2 Å². The Bertz CT molecular complexity index is 959. The summed E-state index contributed by atoms with van der Waals surface area (Å²) in [4.78, 5) is 11.3. The number of fused-ring (bicyclic) bond motifs is 5. The molecule has 0 unspecified atom stereocenters. The fourth-order valence-electron chi connectivity index (χ4n) is 3.49. The van der Waals surface area contributed by atoms with E-state index < -0.39 is 5.97 Å². The molecule has 0 saturated carbocycles. The molecule has 2 N–H and O–H groups in total. The predicted octanol–water partition coefficient (Wildman–Crippen LogP) is 3.51. The third-order valence-corrected chi connectivity index (χ3v) is 4.64. The zero-order valence-corrected chi connectivity index (χ0v) is 14.1. The molecule has 0 aliphatic carbocycles. The molecule has 0 saturated heterocycles. The van der Waals surface area contributed by atoms with Gasteiger partial charge in [0.2, 0.25) is 0 Å². The maximum atomic E-state index is 11.3. The molecule has 0 spiro atoms. The van der Waals surface area contributed by atoms with E-state index >= 15 is 0 Å². The van der Waals surface area contributed by atoms with Crippen LogP contribution in [0.1, 0.15) is 22.8 Å². The Morgan fingerprint density at radius 1 is 1.24 bits per heavy atom. The van der Waals surface area contributed by atoms with Crippen molar-refractivity contribution in [3.05, 3.63) is 53.6 Å². The van der Waals surface area contributed by atoms with Crippen LogP contribution >= 0.6 is 0 Å². The van der Waals surface area contributed by atoms with E-state index in [1.807, 2.05) is 19.1 Å². The molecule has 0 amide bonds. The van der Waals surface area contributed by atoms with E-state index in [2.05, 4.69) is 28.1 Å². The van der Waals surface area contributed by atoms with Crippen molar-refractivity contribution < 1.29 is 14.6 Å². The van der Waals surface area contributed by atoms with Crippen molar-refractivity contribution >= 4 is 16.9 Å². The van der Waals surface area contributed by atoms with Crippen molar-refractivity contribution in [2.75, 3.05) is 13.2 Å². The molecule has 0 bridgehead atoms. The second-order valence-electron chi connectivity index (χ2n) is 6.19. The van der Waals surface area contributed by atoms with Crippen LogP contribution in [0.2, 0.25) is 0 Å². The third kappa shape index (κ3) is 2.76. The number of nitrogens with zero attached hydrogens (tertiary/aromatic N) is 1. The highest BCUT2D eigenvalue weighted by Gasteiger charge is 2.17. The molecule has 5 heteroatoms. The summed E-state index contributed by atoms with van der Waals surface area (Å²) in [5.74, 6) is -0.0253. The molecule has 1 aliphatic heterocycles. The van der Waals surface area contributed by atoms with Crippen LogP contribution in [0.5, 0.6) is 5.75 Å². The largest absolute Gasteiger partial charge is 0.494 e. The van der Waals surface area contributed by atoms with Gasteiger partial charge in [0.05, 0.1) is 12.2 Å². The van der Waals surface area contributed by atoms with Crippen molar-refractivity contribution in [1.29, 1.82) is 0 Å². The van der Waals surface area contributed by atoms with E-state index in [-0.39, 0.29) is 0 Å². The van der Waals surface area contributed by atoms with Gasteiger partial charge < -0.3 is 19.7 Å². The third-order valence-electron chi connectivity index (χ3n) is 4.64. The van der Waals surface area contributed by atoms with E-state index in [4.69, 9.17) is 4.74 Å². The number of hydrogen-bond acceptors (Lipinski definition) is 3. The molecule has 2 aromatic carbocycles. The van der Waals surface area contributed by atoms with Gasteiger partial charge in [-0.3, -0.25) is 0 Å². The fourth-order valence-corrected chi connectivity index (χ4v) is 3.49. The molecule has 5 nitrogen and oxygen atoms in total. The van der Waals surface area contributed by atoms with Crippen molar-refractivity contribution in [1.82, 2.24) is 9.88 Å². The van der Waals surface area contributed by atoms with Crippen LogP contribution in [-0.2, 0) is 13.1 Å². The Hall–Kier alpha value is -2.79. The van der Waals surface area contributed by atoms with Crippen LogP contribution in [0, 0.1) is 0 Å². The van der Waals surface area contributed by atoms with E-state index in [1.54, 1.807) is 12.1 Å². The molecule has 3 aromatic rings. The second-order valence-corrected chi connectivity index (χ2v) is 6.19. The summed E-state index contributed by atoms with van der Waals surface area (Å²) in [6, 6.07) is 13.6.